The minimum Gasteiger partial charge on any atom is -0.497 e. The molecule has 0 aliphatic rings. The van der Waals surface area contributed by atoms with Crippen molar-refractivity contribution in [3.63, 3.8) is 0 Å². The van der Waals surface area contributed by atoms with Gasteiger partial charge in [0.2, 0.25) is 0 Å². The first-order valence-corrected chi connectivity index (χ1v) is 12.8. The van der Waals surface area contributed by atoms with Gasteiger partial charge in [-0.1, -0.05) is 37.3 Å². The van der Waals surface area contributed by atoms with Crippen LogP contribution in [0.25, 0.3) is 33.4 Å². The fraction of sp³-hybridized carbons (Fsp3) is 0.152. The lowest BCUT2D eigenvalue weighted by atomic mass is 9.97. The fourth-order valence-electron chi connectivity index (χ4n) is 4.65. The molecule has 0 fully saturated rings. The third-order valence-corrected chi connectivity index (χ3v) is 6.79. The third kappa shape index (κ3) is 5.32. The molecule has 39 heavy (non-hydrogen) atoms. The van der Waals surface area contributed by atoms with Gasteiger partial charge >= 0.3 is 0 Å². The van der Waals surface area contributed by atoms with Gasteiger partial charge < -0.3 is 14.5 Å². The largest absolute Gasteiger partial charge is 0.497 e. The maximum absolute atomic E-state index is 13.5. The monoisotopic (exact) mass is 521 g/mol. The molecule has 0 unspecified atom stereocenters. The highest BCUT2D eigenvalue weighted by molar-refractivity contribution is 6.12. The molecule has 1 amide bonds. The molecular formula is C33H28FNO4. The lowest BCUT2D eigenvalue weighted by Crippen LogP contribution is -2.26. The number of ether oxygens (including phenoxy) is 1. The van der Waals surface area contributed by atoms with E-state index in [-0.39, 0.29) is 23.5 Å². The van der Waals surface area contributed by atoms with Gasteiger partial charge in [-0.15, -0.1) is 0 Å². The summed E-state index contributed by atoms with van der Waals surface area (Å²) in [7, 11) is 1.61. The molecule has 1 atom stereocenters. The molecule has 0 saturated heterocycles. The number of fused-ring (bicyclic) bond motifs is 1. The summed E-state index contributed by atoms with van der Waals surface area (Å²) >= 11 is 0. The summed E-state index contributed by atoms with van der Waals surface area (Å²) in [6.45, 7) is 3.72. The molecule has 6 heteroatoms. The number of rotatable bonds is 8. The van der Waals surface area contributed by atoms with Gasteiger partial charge in [-0.3, -0.25) is 9.59 Å². The van der Waals surface area contributed by atoms with Gasteiger partial charge in [0.25, 0.3) is 5.91 Å². The number of benzene rings is 4. The Hall–Kier alpha value is -4.71. The molecule has 196 valence electrons. The molecule has 0 aliphatic heterocycles. The molecule has 0 radical (unpaired) electrons. The standard InChI is InChI=1S/C33H28FNO4/c1-4-29(36)31-28-19-24(13-16-30(28)39-32(31)21-11-14-26(34)15-12-21)23-8-5-9-25(17-23)33(37)35-20(2)22-7-6-10-27(18-22)38-3/h5-20H,4H2,1-3H3,(H,35,37)/t20-/m0/s1. The van der Waals surface area contributed by atoms with Crippen molar-refractivity contribution in [2.24, 2.45) is 0 Å². The van der Waals surface area contributed by atoms with E-state index in [2.05, 4.69) is 5.32 Å². The molecule has 5 aromatic rings. The molecule has 5 rings (SSSR count). The van der Waals surface area contributed by atoms with E-state index in [1.807, 2.05) is 67.6 Å². The Kier molecular flexibility index (Phi) is 7.28. The highest BCUT2D eigenvalue weighted by Crippen LogP contribution is 2.37. The quantitative estimate of drug-likeness (QED) is 0.210. The van der Waals surface area contributed by atoms with Crippen LogP contribution in [-0.4, -0.2) is 18.8 Å². The van der Waals surface area contributed by atoms with Crippen LogP contribution in [0.4, 0.5) is 4.39 Å². The first-order chi connectivity index (χ1) is 18.9. The van der Waals surface area contributed by atoms with Crippen molar-refractivity contribution in [3.8, 4) is 28.2 Å². The number of halogens is 1. The molecule has 5 nitrogen and oxygen atoms in total. The first-order valence-electron chi connectivity index (χ1n) is 12.8. The summed E-state index contributed by atoms with van der Waals surface area (Å²) in [4.78, 5) is 26.1. The van der Waals surface area contributed by atoms with Crippen LogP contribution in [0.3, 0.4) is 0 Å². The van der Waals surface area contributed by atoms with E-state index in [1.165, 1.54) is 12.1 Å². The lowest BCUT2D eigenvalue weighted by molar-refractivity contribution is 0.0938. The summed E-state index contributed by atoms with van der Waals surface area (Å²) in [6.07, 6.45) is 0.300. The Morgan fingerprint density at radius 3 is 2.36 bits per heavy atom. The molecule has 1 N–H and O–H groups in total. The molecule has 1 aromatic heterocycles. The Bertz CT molecular complexity index is 1670. The molecule has 4 aromatic carbocycles. The van der Waals surface area contributed by atoms with Gasteiger partial charge in [0, 0.05) is 22.9 Å². The zero-order valence-corrected chi connectivity index (χ0v) is 22.0. The topological polar surface area (TPSA) is 68.5 Å². The minimum absolute atomic E-state index is 0.0649. The number of amides is 1. The van der Waals surface area contributed by atoms with E-state index >= 15 is 0 Å². The maximum atomic E-state index is 13.5. The van der Waals surface area contributed by atoms with E-state index in [4.69, 9.17) is 9.15 Å². The zero-order chi connectivity index (χ0) is 27.5. The fourth-order valence-corrected chi connectivity index (χ4v) is 4.65. The van der Waals surface area contributed by atoms with Crippen LogP contribution in [0.5, 0.6) is 5.75 Å². The Morgan fingerprint density at radius 1 is 0.897 bits per heavy atom. The van der Waals surface area contributed by atoms with Crippen LogP contribution in [0.1, 0.15) is 52.6 Å². The highest BCUT2D eigenvalue weighted by atomic mass is 19.1. The van der Waals surface area contributed by atoms with Gasteiger partial charge in [-0.25, -0.2) is 4.39 Å². The molecule has 0 aliphatic carbocycles. The second-order valence-corrected chi connectivity index (χ2v) is 9.35. The average molecular weight is 522 g/mol. The van der Waals surface area contributed by atoms with Gasteiger partial charge in [0.05, 0.1) is 18.7 Å². The van der Waals surface area contributed by atoms with E-state index in [0.29, 0.717) is 39.8 Å². The second-order valence-electron chi connectivity index (χ2n) is 9.35. The van der Waals surface area contributed by atoms with Crippen molar-refractivity contribution >= 4 is 22.7 Å². The lowest BCUT2D eigenvalue weighted by Gasteiger charge is -2.15. The number of hydrogen-bond acceptors (Lipinski definition) is 4. The molecule has 0 spiro atoms. The number of hydrogen-bond donors (Lipinski definition) is 1. The number of furan rings is 1. The van der Waals surface area contributed by atoms with Crippen LogP contribution in [0.15, 0.2) is 95.4 Å². The number of methoxy groups -OCH3 is 1. The van der Waals surface area contributed by atoms with Crippen LogP contribution < -0.4 is 10.1 Å². The predicted octanol–water partition coefficient (Wildman–Crippen LogP) is 8.00. The summed E-state index contributed by atoms with van der Waals surface area (Å²) < 4.78 is 24.9. The van der Waals surface area contributed by atoms with Crippen LogP contribution in [0, 0.1) is 5.82 Å². The smallest absolute Gasteiger partial charge is 0.251 e. The number of nitrogens with one attached hydrogen (secondary N) is 1. The van der Waals surface area contributed by atoms with Gasteiger partial charge in [0.15, 0.2) is 5.78 Å². The van der Waals surface area contributed by atoms with Crippen molar-refractivity contribution in [1.82, 2.24) is 5.32 Å². The highest BCUT2D eigenvalue weighted by Gasteiger charge is 2.22. The van der Waals surface area contributed by atoms with E-state index in [1.54, 1.807) is 32.2 Å². The first kappa shape index (κ1) is 25.9. The SMILES string of the molecule is CCC(=O)c1c(-c2ccc(F)cc2)oc2ccc(-c3cccc(C(=O)N[C@@H](C)c4cccc(OC)c4)c3)cc12. The van der Waals surface area contributed by atoms with Gasteiger partial charge in [0.1, 0.15) is 22.9 Å². The number of carbonyl (C=O) groups excluding carboxylic acids is 2. The predicted molar refractivity (Wildman–Crippen MR) is 151 cm³/mol. The Morgan fingerprint density at radius 2 is 1.62 bits per heavy atom. The summed E-state index contributed by atoms with van der Waals surface area (Å²) in [5.74, 6) is 0.534. The summed E-state index contributed by atoms with van der Waals surface area (Å²) in [5, 5.41) is 3.73. The Balaban J connectivity index is 1.48. The van der Waals surface area contributed by atoms with Crippen LogP contribution in [-0.2, 0) is 0 Å². The number of Topliss-reactive ketones (excluding diaryl/α,β-unsaturated/α-hetero) is 1. The second kappa shape index (κ2) is 11.0. The van der Waals surface area contributed by atoms with Crippen molar-refractivity contribution in [1.29, 1.82) is 0 Å². The van der Waals surface area contributed by atoms with Crippen LogP contribution in [0.2, 0.25) is 0 Å². The maximum Gasteiger partial charge on any atom is 0.251 e. The third-order valence-electron chi connectivity index (χ3n) is 6.79. The summed E-state index contributed by atoms with van der Waals surface area (Å²) in [6, 6.07) is 26.3. The van der Waals surface area contributed by atoms with E-state index in [9.17, 15) is 14.0 Å². The van der Waals surface area contributed by atoms with Crippen LogP contribution >= 0.6 is 0 Å². The average Bonchev–Trinajstić information content (AvgIpc) is 3.36. The van der Waals surface area contributed by atoms with Crippen molar-refractivity contribution in [2.75, 3.05) is 7.11 Å². The molecular weight excluding hydrogens is 493 g/mol. The minimum atomic E-state index is -0.359. The molecule has 1 heterocycles. The van der Waals surface area contributed by atoms with Gasteiger partial charge in [-0.05, 0) is 84.3 Å². The van der Waals surface area contributed by atoms with Crippen molar-refractivity contribution in [2.45, 2.75) is 26.3 Å². The van der Waals surface area contributed by atoms with Gasteiger partial charge in [-0.2, -0.15) is 0 Å². The Labute approximate surface area is 226 Å². The van der Waals surface area contributed by atoms with E-state index in [0.717, 1.165) is 22.4 Å². The van der Waals surface area contributed by atoms with Crippen molar-refractivity contribution in [3.05, 3.63) is 114 Å². The molecule has 0 bridgehead atoms. The van der Waals surface area contributed by atoms with Crippen molar-refractivity contribution < 1.29 is 23.1 Å². The molecule has 0 saturated carbocycles. The van der Waals surface area contributed by atoms with E-state index < -0.39 is 0 Å². The number of ketones is 1. The zero-order valence-electron chi connectivity index (χ0n) is 22.0. The number of carbonyl (C=O) groups is 2. The summed E-state index contributed by atoms with van der Waals surface area (Å²) in [5.41, 5.74) is 4.81. The normalized spacial score (nSPS) is 11.8.